The number of cyclic esters (lactones) is 1. The van der Waals surface area contributed by atoms with E-state index >= 15 is 0 Å². The van der Waals surface area contributed by atoms with E-state index in [-0.39, 0.29) is 31.1 Å². The predicted octanol–water partition coefficient (Wildman–Crippen LogP) is 0.511. The molecule has 0 spiro atoms. The standard InChI is InChI=1S/C16H19N3O5/c1-11(20)17-8-14-9-19(16(22)24-14)13-4-2-12(3-5-13)18-6-7-23-10-15(18)21/h2-5,14H,6-10H2,1H3,(H,17,20)/t14-/m0/s1. The van der Waals surface area contributed by atoms with Crippen molar-refractivity contribution in [2.75, 3.05) is 42.6 Å². The number of carbonyl (C=O) groups is 3. The van der Waals surface area contributed by atoms with E-state index in [1.54, 1.807) is 29.2 Å². The van der Waals surface area contributed by atoms with Crippen molar-refractivity contribution in [2.45, 2.75) is 13.0 Å². The Hall–Kier alpha value is -2.61. The maximum absolute atomic E-state index is 12.0. The molecule has 1 aromatic carbocycles. The van der Waals surface area contributed by atoms with Gasteiger partial charge in [-0.15, -0.1) is 0 Å². The minimum Gasteiger partial charge on any atom is -0.442 e. The molecular weight excluding hydrogens is 314 g/mol. The Morgan fingerprint density at radius 2 is 1.88 bits per heavy atom. The zero-order valence-electron chi connectivity index (χ0n) is 13.4. The van der Waals surface area contributed by atoms with Gasteiger partial charge in [-0.05, 0) is 24.3 Å². The normalized spacial score (nSPS) is 21.0. The highest BCUT2D eigenvalue weighted by Gasteiger charge is 2.32. The van der Waals surface area contributed by atoms with Crippen LogP contribution in [0.3, 0.4) is 0 Å². The average Bonchev–Trinajstić information content (AvgIpc) is 2.94. The van der Waals surface area contributed by atoms with Gasteiger partial charge < -0.3 is 19.7 Å². The van der Waals surface area contributed by atoms with Crippen LogP contribution in [0.2, 0.25) is 0 Å². The van der Waals surface area contributed by atoms with E-state index in [4.69, 9.17) is 9.47 Å². The molecule has 2 saturated heterocycles. The molecule has 2 heterocycles. The van der Waals surface area contributed by atoms with E-state index in [1.165, 1.54) is 11.8 Å². The van der Waals surface area contributed by atoms with Gasteiger partial charge in [-0.1, -0.05) is 0 Å². The third-order valence-corrected chi connectivity index (χ3v) is 3.91. The molecule has 2 fully saturated rings. The highest BCUT2D eigenvalue weighted by Crippen LogP contribution is 2.25. The molecule has 1 aromatic rings. The second-order valence-corrected chi connectivity index (χ2v) is 5.67. The third kappa shape index (κ3) is 3.48. The number of benzene rings is 1. The largest absolute Gasteiger partial charge is 0.442 e. The predicted molar refractivity (Wildman–Crippen MR) is 85.9 cm³/mol. The Labute approximate surface area is 139 Å². The lowest BCUT2D eigenvalue weighted by Gasteiger charge is -2.27. The van der Waals surface area contributed by atoms with E-state index in [0.717, 1.165) is 5.69 Å². The first-order valence-electron chi connectivity index (χ1n) is 7.75. The van der Waals surface area contributed by atoms with Gasteiger partial charge in [-0.2, -0.15) is 0 Å². The number of hydrogen-bond acceptors (Lipinski definition) is 5. The number of ether oxygens (including phenoxy) is 2. The number of rotatable bonds is 4. The minimum absolute atomic E-state index is 0.0787. The second-order valence-electron chi connectivity index (χ2n) is 5.67. The van der Waals surface area contributed by atoms with Crippen molar-refractivity contribution >= 4 is 29.3 Å². The number of nitrogens with one attached hydrogen (secondary N) is 1. The summed E-state index contributed by atoms with van der Waals surface area (Å²) in [5.41, 5.74) is 1.46. The fourth-order valence-corrected chi connectivity index (χ4v) is 2.70. The number of amides is 3. The molecule has 0 aliphatic carbocycles. The highest BCUT2D eigenvalue weighted by molar-refractivity contribution is 5.95. The fourth-order valence-electron chi connectivity index (χ4n) is 2.70. The van der Waals surface area contributed by atoms with Gasteiger partial charge in [0.15, 0.2) is 0 Å². The van der Waals surface area contributed by atoms with E-state index in [9.17, 15) is 14.4 Å². The van der Waals surface area contributed by atoms with Crippen LogP contribution in [0.5, 0.6) is 0 Å². The maximum atomic E-state index is 12.0. The van der Waals surface area contributed by atoms with E-state index in [0.29, 0.717) is 25.4 Å². The number of hydrogen-bond donors (Lipinski definition) is 1. The van der Waals surface area contributed by atoms with Crippen LogP contribution in [-0.4, -0.2) is 56.9 Å². The third-order valence-electron chi connectivity index (χ3n) is 3.91. The van der Waals surface area contributed by atoms with Crippen LogP contribution in [0.25, 0.3) is 0 Å². The molecule has 24 heavy (non-hydrogen) atoms. The Morgan fingerprint density at radius 3 is 2.50 bits per heavy atom. The molecule has 0 radical (unpaired) electrons. The molecule has 3 rings (SSSR count). The van der Waals surface area contributed by atoms with Gasteiger partial charge >= 0.3 is 6.09 Å². The summed E-state index contributed by atoms with van der Waals surface area (Å²) in [5, 5.41) is 2.64. The van der Waals surface area contributed by atoms with Gasteiger partial charge in [0.2, 0.25) is 5.91 Å². The summed E-state index contributed by atoms with van der Waals surface area (Å²) in [6, 6.07) is 7.15. The lowest BCUT2D eigenvalue weighted by Crippen LogP contribution is -2.41. The summed E-state index contributed by atoms with van der Waals surface area (Å²) >= 11 is 0. The lowest BCUT2D eigenvalue weighted by molar-refractivity contribution is -0.125. The first kappa shape index (κ1) is 16.3. The first-order valence-corrected chi connectivity index (χ1v) is 7.75. The number of nitrogens with zero attached hydrogens (tertiary/aromatic N) is 2. The highest BCUT2D eigenvalue weighted by atomic mass is 16.6. The van der Waals surface area contributed by atoms with Gasteiger partial charge in [-0.25, -0.2) is 4.79 Å². The van der Waals surface area contributed by atoms with Crippen LogP contribution in [0, 0.1) is 0 Å². The van der Waals surface area contributed by atoms with Crippen molar-refractivity contribution in [2.24, 2.45) is 0 Å². The van der Waals surface area contributed by atoms with Crippen LogP contribution in [0.4, 0.5) is 16.2 Å². The molecule has 1 atom stereocenters. The molecule has 0 unspecified atom stereocenters. The number of carbonyl (C=O) groups excluding carboxylic acids is 3. The van der Waals surface area contributed by atoms with Crippen molar-refractivity contribution in [3.05, 3.63) is 24.3 Å². The van der Waals surface area contributed by atoms with Gasteiger partial charge in [0.25, 0.3) is 5.91 Å². The van der Waals surface area contributed by atoms with Crippen molar-refractivity contribution in [1.82, 2.24) is 5.32 Å². The quantitative estimate of drug-likeness (QED) is 0.867. The van der Waals surface area contributed by atoms with E-state index < -0.39 is 6.09 Å². The number of morpholine rings is 1. The molecule has 3 amide bonds. The van der Waals surface area contributed by atoms with E-state index in [2.05, 4.69) is 5.32 Å². The summed E-state index contributed by atoms with van der Waals surface area (Å²) in [5.74, 6) is -0.242. The minimum atomic E-state index is -0.444. The second kappa shape index (κ2) is 6.88. The average molecular weight is 333 g/mol. The number of anilines is 2. The van der Waals surface area contributed by atoms with Gasteiger partial charge in [0.1, 0.15) is 12.7 Å². The lowest BCUT2D eigenvalue weighted by atomic mass is 10.2. The van der Waals surface area contributed by atoms with Crippen LogP contribution >= 0.6 is 0 Å². The fraction of sp³-hybridized carbons (Fsp3) is 0.438. The molecule has 8 nitrogen and oxygen atoms in total. The van der Waals surface area contributed by atoms with Crippen molar-refractivity contribution in [3.8, 4) is 0 Å². The van der Waals surface area contributed by atoms with Crippen LogP contribution in [0.1, 0.15) is 6.92 Å². The van der Waals surface area contributed by atoms with Crippen LogP contribution in [-0.2, 0) is 19.1 Å². The Bertz CT molecular complexity index is 646. The molecule has 2 aliphatic rings. The van der Waals surface area contributed by atoms with E-state index in [1.807, 2.05) is 0 Å². The van der Waals surface area contributed by atoms with Crippen LogP contribution < -0.4 is 15.1 Å². The summed E-state index contributed by atoms with van der Waals surface area (Å²) in [7, 11) is 0. The smallest absolute Gasteiger partial charge is 0.414 e. The van der Waals surface area contributed by atoms with Crippen molar-refractivity contribution < 1.29 is 23.9 Å². The Kier molecular flexibility index (Phi) is 4.66. The monoisotopic (exact) mass is 333 g/mol. The molecule has 2 aliphatic heterocycles. The molecular formula is C16H19N3O5. The van der Waals surface area contributed by atoms with Gasteiger partial charge in [0, 0.05) is 24.8 Å². The van der Waals surface area contributed by atoms with Crippen molar-refractivity contribution in [1.29, 1.82) is 0 Å². The Balaban J connectivity index is 1.66. The molecule has 8 heteroatoms. The molecule has 0 saturated carbocycles. The first-order chi connectivity index (χ1) is 11.5. The zero-order chi connectivity index (χ0) is 17.1. The SMILES string of the molecule is CC(=O)NC[C@H]1CN(c2ccc(N3CCOCC3=O)cc2)C(=O)O1. The molecule has 0 aromatic heterocycles. The van der Waals surface area contributed by atoms with Crippen molar-refractivity contribution in [3.63, 3.8) is 0 Å². The zero-order valence-corrected chi connectivity index (χ0v) is 13.4. The molecule has 1 N–H and O–H groups in total. The molecule has 0 bridgehead atoms. The van der Waals surface area contributed by atoms with Crippen LogP contribution in [0.15, 0.2) is 24.3 Å². The van der Waals surface area contributed by atoms with Gasteiger partial charge in [-0.3, -0.25) is 14.5 Å². The summed E-state index contributed by atoms with van der Waals surface area (Å²) in [6.45, 7) is 3.19. The molecule has 128 valence electrons. The maximum Gasteiger partial charge on any atom is 0.414 e. The summed E-state index contributed by atoms with van der Waals surface area (Å²) in [4.78, 5) is 37.9. The topological polar surface area (TPSA) is 88.2 Å². The Morgan fingerprint density at radius 1 is 1.21 bits per heavy atom. The van der Waals surface area contributed by atoms with Gasteiger partial charge in [0.05, 0.1) is 19.7 Å². The summed E-state index contributed by atoms with van der Waals surface area (Å²) in [6.07, 6.45) is -0.817. The summed E-state index contributed by atoms with van der Waals surface area (Å²) < 4.78 is 10.3.